The molecule has 2 N–H and O–H groups in total. The van der Waals surface area contributed by atoms with E-state index < -0.39 is 0 Å². The minimum Gasteiger partial charge on any atom is -0.490 e. The number of piperazine rings is 1. The van der Waals surface area contributed by atoms with E-state index in [1.54, 1.807) is 19.2 Å². The molecular weight excluding hydrogens is 318 g/mol. The minimum atomic E-state index is -0.0943. The molecule has 0 aromatic heterocycles. The highest BCUT2D eigenvalue weighted by molar-refractivity contribution is 5.96. The maximum absolute atomic E-state index is 12.3. The van der Waals surface area contributed by atoms with Gasteiger partial charge in [-0.2, -0.15) is 0 Å². The number of carbonyl (C=O) groups excluding carboxylic acids is 1. The average Bonchev–Trinajstić information content (AvgIpc) is 2.56. The molecule has 0 aliphatic carbocycles. The Balaban J connectivity index is 0.00000264. The highest BCUT2D eigenvalue weighted by Crippen LogP contribution is 2.17. The van der Waals surface area contributed by atoms with Crippen LogP contribution in [0.4, 0.5) is 0 Å². The number of methoxy groups -OCH3 is 1. The second kappa shape index (κ2) is 11.2. The van der Waals surface area contributed by atoms with Gasteiger partial charge in [0.1, 0.15) is 12.4 Å². The lowest BCUT2D eigenvalue weighted by Crippen LogP contribution is -2.46. The van der Waals surface area contributed by atoms with Crippen molar-refractivity contribution >= 4 is 18.3 Å². The standard InChI is InChI=1S/C16H25N3O3.ClH/c1-21-12-13-22-15-5-3-2-4-14(15)16(20)18-8-11-19-9-6-17-7-10-19;/h2-5,17H,6-13H2,1H3,(H,18,20);1H. The zero-order valence-electron chi connectivity index (χ0n) is 13.5. The molecule has 0 spiro atoms. The van der Waals surface area contributed by atoms with Crippen molar-refractivity contribution in [3.05, 3.63) is 29.8 Å². The first-order chi connectivity index (χ1) is 10.8. The number of halogens is 1. The number of amides is 1. The lowest BCUT2D eigenvalue weighted by atomic mass is 10.2. The molecule has 1 amide bonds. The van der Waals surface area contributed by atoms with Crippen LogP contribution >= 0.6 is 12.4 Å². The molecule has 1 aromatic rings. The SMILES string of the molecule is COCCOc1ccccc1C(=O)NCCN1CCNCC1.Cl. The van der Waals surface area contributed by atoms with Gasteiger partial charge >= 0.3 is 0 Å². The summed E-state index contributed by atoms with van der Waals surface area (Å²) in [6.45, 7) is 6.55. The molecule has 7 heteroatoms. The number of ether oxygens (including phenoxy) is 2. The lowest BCUT2D eigenvalue weighted by Gasteiger charge is -2.27. The van der Waals surface area contributed by atoms with E-state index in [1.165, 1.54) is 0 Å². The molecule has 23 heavy (non-hydrogen) atoms. The number of nitrogens with one attached hydrogen (secondary N) is 2. The molecule has 0 unspecified atom stereocenters. The maximum Gasteiger partial charge on any atom is 0.255 e. The molecule has 6 nitrogen and oxygen atoms in total. The van der Waals surface area contributed by atoms with Gasteiger partial charge in [-0.25, -0.2) is 0 Å². The first-order valence-electron chi connectivity index (χ1n) is 7.73. The first-order valence-corrected chi connectivity index (χ1v) is 7.73. The number of hydrogen-bond acceptors (Lipinski definition) is 5. The van der Waals surface area contributed by atoms with Crippen molar-refractivity contribution in [1.82, 2.24) is 15.5 Å². The Bertz CT molecular complexity index is 468. The van der Waals surface area contributed by atoms with Crippen LogP contribution < -0.4 is 15.4 Å². The molecule has 0 saturated carbocycles. The minimum absolute atomic E-state index is 0. The van der Waals surface area contributed by atoms with Crippen molar-refractivity contribution in [2.24, 2.45) is 0 Å². The molecule has 0 atom stereocenters. The molecular formula is C16H26ClN3O3. The quantitative estimate of drug-likeness (QED) is 0.683. The predicted octanol–water partition coefficient (Wildman–Crippen LogP) is 0.769. The number of para-hydroxylation sites is 1. The molecule has 1 aliphatic rings. The van der Waals surface area contributed by atoms with E-state index in [0.29, 0.717) is 31.1 Å². The van der Waals surface area contributed by atoms with Crippen molar-refractivity contribution in [2.75, 3.05) is 59.6 Å². The van der Waals surface area contributed by atoms with E-state index in [4.69, 9.17) is 9.47 Å². The molecule has 130 valence electrons. The fraction of sp³-hybridized carbons (Fsp3) is 0.562. The van der Waals surface area contributed by atoms with E-state index >= 15 is 0 Å². The molecule has 1 fully saturated rings. The van der Waals surface area contributed by atoms with Crippen LogP contribution in [-0.4, -0.2) is 70.4 Å². The molecule has 1 aliphatic heterocycles. The third kappa shape index (κ3) is 6.74. The number of benzene rings is 1. The van der Waals surface area contributed by atoms with Crippen molar-refractivity contribution in [3.8, 4) is 5.75 Å². The molecule has 1 saturated heterocycles. The van der Waals surface area contributed by atoms with Crippen molar-refractivity contribution in [1.29, 1.82) is 0 Å². The van der Waals surface area contributed by atoms with Gasteiger partial charge < -0.3 is 20.1 Å². The molecule has 1 heterocycles. The summed E-state index contributed by atoms with van der Waals surface area (Å²) in [6.07, 6.45) is 0. The Kier molecular flexibility index (Phi) is 9.63. The molecule has 1 aromatic carbocycles. The average molecular weight is 344 g/mol. The van der Waals surface area contributed by atoms with Crippen molar-refractivity contribution < 1.29 is 14.3 Å². The van der Waals surface area contributed by atoms with Crippen LogP contribution in [0.1, 0.15) is 10.4 Å². The second-order valence-corrected chi connectivity index (χ2v) is 5.18. The number of nitrogens with zero attached hydrogens (tertiary/aromatic N) is 1. The van der Waals surface area contributed by atoms with Crippen LogP contribution in [0.3, 0.4) is 0 Å². The lowest BCUT2D eigenvalue weighted by molar-refractivity contribution is 0.0939. The van der Waals surface area contributed by atoms with E-state index in [0.717, 1.165) is 32.7 Å². The van der Waals surface area contributed by atoms with Gasteiger partial charge in [0.15, 0.2) is 0 Å². The van der Waals surface area contributed by atoms with Crippen LogP contribution in [-0.2, 0) is 4.74 Å². The third-order valence-electron chi connectivity index (χ3n) is 3.60. The Morgan fingerprint density at radius 1 is 1.26 bits per heavy atom. The van der Waals surface area contributed by atoms with Crippen LogP contribution in [0.25, 0.3) is 0 Å². The van der Waals surface area contributed by atoms with Crippen molar-refractivity contribution in [3.63, 3.8) is 0 Å². The largest absolute Gasteiger partial charge is 0.490 e. The van der Waals surface area contributed by atoms with Gasteiger partial charge in [-0.1, -0.05) is 12.1 Å². The van der Waals surface area contributed by atoms with Gasteiger partial charge in [0.2, 0.25) is 0 Å². The third-order valence-corrected chi connectivity index (χ3v) is 3.60. The van der Waals surface area contributed by atoms with E-state index in [2.05, 4.69) is 15.5 Å². The number of carbonyl (C=O) groups is 1. The van der Waals surface area contributed by atoms with Crippen molar-refractivity contribution in [2.45, 2.75) is 0 Å². The zero-order chi connectivity index (χ0) is 15.6. The van der Waals surface area contributed by atoms with Crippen LogP contribution in [0, 0.1) is 0 Å². The topological polar surface area (TPSA) is 62.8 Å². The van der Waals surface area contributed by atoms with Crippen LogP contribution in [0.15, 0.2) is 24.3 Å². The Morgan fingerprint density at radius 2 is 2.00 bits per heavy atom. The number of rotatable bonds is 8. The summed E-state index contributed by atoms with van der Waals surface area (Å²) in [5.74, 6) is 0.502. The Labute approximate surface area is 143 Å². The summed E-state index contributed by atoms with van der Waals surface area (Å²) in [7, 11) is 1.62. The van der Waals surface area contributed by atoms with E-state index in [1.807, 2.05) is 12.1 Å². The summed E-state index contributed by atoms with van der Waals surface area (Å²) >= 11 is 0. The van der Waals surface area contributed by atoms with E-state index in [9.17, 15) is 4.79 Å². The summed E-state index contributed by atoms with van der Waals surface area (Å²) in [6, 6.07) is 7.29. The molecule has 0 radical (unpaired) electrons. The monoisotopic (exact) mass is 343 g/mol. The Morgan fingerprint density at radius 3 is 2.74 bits per heavy atom. The van der Waals surface area contributed by atoms with Gasteiger partial charge in [-0.3, -0.25) is 9.69 Å². The van der Waals surface area contributed by atoms with Gasteiger partial charge in [-0.15, -0.1) is 12.4 Å². The second-order valence-electron chi connectivity index (χ2n) is 5.18. The highest BCUT2D eigenvalue weighted by Gasteiger charge is 2.13. The molecule has 2 rings (SSSR count). The van der Waals surface area contributed by atoms with Crippen LogP contribution in [0.2, 0.25) is 0 Å². The Hall–Kier alpha value is -1.34. The van der Waals surface area contributed by atoms with Crippen LogP contribution in [0.5, 0.6) is 5.75 Å². The highest BCUT2D eigenvalue weighted by atomic mass is 35.5. The summed E-state index contributed by atoms with van der Waals surface area (Å²) in [4.78, 5) is 14.6. The first kappa shape index (κ1) is 19.7. The summed E-state index contributed by atoms with van der Waals surface area (Å²) < 4.78 is 10.6. The fourth-order valence-corrected chi connectivity index (χ4v) is 2.37. The van der Waals surface area contributed by atoms with Gasteiger partial charge in [0.05, 0.1) is 12.2 Å². The van der Waals surface area contributed by atoms with Gasteiger partial charge in [-0.05, 0) is 12.1 Å². The normalized spacial score (nSPS) is 14.8. The zero-order valence-corrected chi connectivity index (χ0v) is 14.4. The smallest absolute Gasteiger partial charge is 0.255 e. The van der Waals surface area contributed by atoms with E-state index in [-0.39, 0.29) is 18.3 Å². The predicted molar refractivity (Wildman–Crippen MR) is 92.7 cm³/mol. The maximum atomic E-state index is 12.3. The fourth-order valence-electron chi connectivity index (χ4n) is 2.37. The number of hydrogen-bond donors (Lipinski definition) is 2. The molecule has 0 bridgehead atoms. The summed E-state index contributed by atoms with van der Waals surface area (Å²) in [5.41, 5.74) is 0.568. The van der Waals surface area contributed by atoms with Gasteiger partial charge in [0.25, 0.3) is 5.91 Å². The summed E-state index contributed by atoms with van der Waals surface area (Å²) in [5, 5.41) is 6.28. The van der Waals surface area contributed by atoms with Gasteiger partial charge in [0, 0.05) is 46.4 Å².